The van der Waals surface area contributed by atoms with E-state index in [4.69, 9.17) is 0 Å². The van der Waals surface area contributed by atoms with Crippen LogP contribution in [0.4, 0.5) is 0 Å². The van der Waals surface area contributed by atoms with E-state index in [0.717, 1.165) is 12.3 Å². The molecule has 2 atom stereocenters. The van der Waals surface area contributed by atoms with Gasteiger partial charge in [0.05, 0.1) is 0 Å². The van der Waals surface area contributed by atoms with Crippen molar-refractivity contribution < 1.29 is 5.11 Å². The molecule has 0 radical (unpaired) electrons. The van der Waals surface area contributed by atoms with Crippen molar-refractivity contribution in [1.82, 2.24) is 5.32 Å². The van der Waals surface area contributed by atoms with Gasteiger partial charge in [0, 0.05) is 12.6 Å². The van der Waals surface area contributed by atoms with E-state index < -0.39 is 0 Å². The van der Waals surface area contributed by atoms with E-state index in [1.165, 1.54) is 32.1 Å². The number of rotatable bonds is 5. The Morgan fingerprint density at radius 3 is 2.36 bits per heavy atom. The first-order valence-electron chi connectivity index (χ1n) is 6.11. The normalized spacial score (nSPS) is 23.4. The average Bonchev–Trinajstić information content (AvgIpc) is 2.27. The Morgan fingerprint density at radius 1 is 1.29 bits per heavy atom. The van der Waals surface area contributed by atoms with Crippen LogP contribution < -0.4 is 5.32 Å². The summed E-state index contributed by atoms with van der Waals surface area (Å²) in [5.41, 5.74) is 0. The molecule has 1 aliphatic rings. The smallest absolute Gasteiger partial charge is 0.0474 e. The zero-order chi connectivity index (χ0) is 10.4. The van der Waals surface area contributed by atoms with Crippen LogP contribution in [0.5, 0.6) is 0 Å². The second kappa shape index (κ2) is 6.41. The maximum Gasteiger partial charge on any atom is 0.0474 e. The molecule has 2 heteroatoms. The Hall–Kier alpha value is -0.0800. The third-order valence-electron chi connectivity index (χ3n) is 3.76. The third kappa shape index (κ3) is 2.96. The van der Waals surface area contributed by atoms with Gasteiger partial charge in [-0.3, -0.25) is 0 Å². The summed E-state index contributed by atoms with van der Waals surface area (Å²) >= 11 is 0. The van der Waals surface area contributed by atoms with Crippen LogP contribution in [0.2, 0.25) is 0 Å². The lowest BCUT2D eigenvalue weighted by Crippen LogP contribution is -2.42. The molecule has 2 unspecified atom stereocenters. The second-order valence-electron chi connectivity index (χ2n) is 4.56. The molecule has 0 aromatic heterocycles. The summed E-state index contributed by atoms with van der Waals surface area (Å²) in [6, 6.07) is 0.533. The minimum Gasteiger partial charge on any atom is -0.396 e. The Labute approximate surface area is 88.1 Å². The van der Waals surface area contributed by atoms with Gasteiger partial charge in [0.25, 0.3) is 0 Å². The summed E-state index contributed by atoms with van der Waals surface area (Å²) in [5, 5.41) is 12.7. The van der Waals surface area contributed by atoms with Crippen molar-refractivity contribution in [3.8, 4) is 0 Å². The fourth-order valence-corrected chi connectivity index (χ4v) is 2.85. The topological polar surface area (TPSA) is 32.3 Å². The molecule has 0 heterocycles. The summed E-state index contributed by atoms with van der Waals surface area (Å²) in [7, 11) is 2.04. The molecule has 0 aliphatic heterocycles. The van der Waals surface area contributed by atoms with Crippen molar-refractivity contribution >= 4 is 0 Å². The highest BCUT2D eigenvalue weighted by Gasteiger charge is 2.27. The van der Waals surface area contributed by atoms with Crippen molar-refractivity contribution in [2.24, 2.45) is 11.8 Å². The van der Waals surface area contributed by atoms with Crippen LogP contribution in [0.3, 0.4) is 0 Å². The Kier molecular flexibility index (Phi) is 5.49. The van der Waals surface area contributed by atoms with Crippen molar-refractivity contribution in [2.45, 2.75) is 51.5 Å². The lowest BCUT2D eigenvalue weighted by molar-refractivity contribution is 0.140. The van der Waals surface area contributed by atoms with Crippen molar-refractivity contribution in [2.75, 3.05) is 13.7 Å². The number of hydrogen-bond donors (Lipinski definition) is 2. The molecule has 0 bridgehead atoms. The fourth-order valence-electron chi connectivity index (χ4n) is 2.85. The predicted molar refractivity (Wildman–Crippen MR) is 60.3 cm³/mol. The molecule has 1 saturated carbocycles. The largest absolute Gasteiger partial charge is 0.396 e. The molecular weight excluding hydrogens is 174 g/mol. The van der Waals surface area contributed by atoms with Gasteiger partial charge in [-0.2, -0.15) is 0 Å². The molecule has 0 amide bonds. The van der Waals surface area contributed by atoms with Gasteiger partial charge >= 0.3 is 0 Å². The van der Waals surface area contributed by atoms with E-state index in [2.05, 4.69) is 12.2 Å². The van der Waals surface area contributed by atoms with Crippen molar-refractivity contribution in [3.05, 3.63) is 0 Å². The van der Waals surface area contributed by atoms with E-state index in [1.54, 1.807) is 0 Å². The highest BCUT2D eigenvalue weighted by atomic mass is 16.3. The lowest BCUT2D eigenvalue weighted by atomic mass is 9.78. The second-order valence-corrected chi connectivity index (χ2v) is 4.56. The SMILES string of the molecule is CCC(CO)C(NC)C1CCCCC1. The summed E-state index contributed by atoms with van der Waals surface area (Å²) < 4.78 is 0. The standard InChI is InChI=1S/C12H25NO/c1-3-10(9-14)12(13-2)11-7-5-4-6-8-11/h10-14H,3-9H2,1-2H3. The zero-order valence-corrected chi connectivity index (χ0v) is 9.63. The van der Waals surface area contributed by atoms with Gasteiger partial charge in [-0.1, -0.05) is 26.2 Å². The quantitative estimate of drug-likeness (QED) is 0.711. The maximum atomic E-state index is 9.32. The third-order valence-corrected chi connectivity index (χ3v) is 3.76. The Balaban J connectivity index is 2.49. The average molecular weight is 199 g/mol. The first-order valence-corrected chi connectivity index (χ1v) is 6.11. The van der Waals surface area contributed by atoms with Crippen LogP contribution in [0, 0.1) is 11.8 Å². The van der Waals surface area contributed by atoms with Crippen LogP contribution in [0.1, 0.15) is 45.4 Å². The molecule has 2 nitrogen and oxygen atoms in total. The van der Waals surface area contributed by atoms with Gasteiger partial charge in [-0.25, -0.2) is 0 Å². The number of nitrogens with one attached hydrogen (secondary N) is 1. The van der Waals surface area contributed by atoms with Gasteiger partial charge < -0.3 is 10.4 Å². The van der Waals surface area contributed by atoms with Crippen molar-refractivity contribution in [3.63, 3.8) is 0 Å². The van der Waals surface area contributed by atoms with Crippen molar-refractivity contribution in [1.29, 1.82) is 0 Å². The van der Waals surface area contributed by atoms with Gasteiger partial charge in [0.1, 0.15) is 0 Å². The number of aliphatic hydroxyl groups excluding tert-OH is 1. The van der Waals surface area contributed by atoms with Crippen LogP contribution in [-0.2, 0) is 0 Å². The summed E-state index contributed by atoms with van der Waals surface area (Å²) in [5.74, 6) is 1.24. The molecule has 0 aromatic carbocycles. The summed E-state index contributed by atoms with van der Waals surface area (Å²) in [6.45, 7) is 2.51. The summed E-state index contributed by atoms with van der Waals surface area (Å²) in [6.07, 6.45) is 7.95. The van der Waals surface area contributed by atoms with E-state index in [0.29, 0.717) is 18.6 Å². The van der Waals surface area contributed by atoms with Gasteiger partial charge in [-0.05, 0) is 38.1 Å². The van der Waals surface area contributed by atoms with Crippen LogP contribution in [0.15, 0.2) is 0 Å². The first kappa shape index (κ1) is 12.0. The predicted octanol–water partition coefficient (Wildman–Crippen LogP) is 2.17. The van der Waals surface area contributed by atoms with Gasteiger partial charge in [-0.15, -0.1) is 0 Å². The van der Waals surface area contributed by atoms with Gasteiger partial charge in [0.15, 0.2) is 0 Å². The Morgan fingerprint density at radius 2 is 1.93 bits per heavy atom. The molecule has 14 heavy (non-hydrogen) atoms. The molecule has 1 rings (SSSR count). The van der Waals surface area contributed by atoms with Crippen LogP contribution in [0.25, 0.3) is 0 Å². The minimum atomic E-state index is 0.332. The van der Waals surface area contributed by atoms with E-state index in [1.807, 2.05) is 7.05 Å². The molecular formula is C12H25NO. The maximum absolute atomic E-state index is 9.32. The molecule has 0 saturated heterocycles. The molecule has 2 N–H and O–H groups in total. The number of aliphatic hydroxyl groups is 1. The molecule has 1 fully saturated rings. The van der Waals surface area contributed by atoms with Gasteiger partial charge in [0.2, 0.25) is 0 Å². The monoisotopic (exact) mass is 199 g/mol. The Bertz CT molecular complexity index is 139. The molecule has 1 aliphatic carbocycles. The summed E-state index contributed by atoms with van der Waals surface area (Å²) in [4.78, 5) is 0. The van der Waals surface area contributed by atoms with E-state index in [-0.39, 0.29) is 0 Å². The minimum absolute atomic E-state index is 0.332. The first-order chi connectivity index (χ1) is 6.83. The highest BCUT2D eigenvalue weighted by Crippen LogP contribution is 2.30. The lowest BCUT2D eigenvalue weighted by Gasteiger charge is -2.34. The zero-order valence-electron chi connectivity index (χ0n) is 9.63. The van der Waals surface area contributed by atoms with E-state index in [9.17, 15) is 5.11 Å². The molecule has 84 valence electrons. The number of hydrogen-bond acceptors (Lipinski definition) is 2. The van der Waals surface area contributed by atoms with Crippen LogP contribution >= 0.6 is 0 Å². The molecule has 0 spiro atoms. The van der Waals surface area contributed by atoms with E-state index >= 15 is 0 Å². The molecule has 0 aromatic rings. The highest BCUT2D eigenvalue weighted by molar-refractivity contribution is 4.83. The fraction of sp³-hybridized carbons (Fsp3) is 1.00. The van der Waals surface area contributed by atoms with Crippen LogP contribution in [-0.4, -0.2) is 24.8 Å².